The van der Waals surface area contributed by atoms with E-state index in [9.17, 15) is 4.79 Å². The van der Waals surface area contributed by atoms with Crippen LogP contribution in [-0.4, -0.2) is 72.8 Å². The summed E-state index contributed by atoms with van der Waals surface area (Å²) in [7, 11) is 0. The maximum atomic E-state index is 13.1. The van der Waals surface area contributed by atoms with Gasteiger partial charge in [-0.3, -0.25) is 14.6 Å². The topological polar surface area (TPSA) is 54.9 Å². The van der Waals surface area contributed by atoms with E-state index in [-0.39, 0.29) is 11.4 Å². The van der Waals surface area contributed by atoms with Crippen molar-refractivity contribution in [2.24, 2.45) is 11.3 Å². The Morgan fingerprint density at radius 1 is 1.37 bits per heavy atom. The number of esters is 1. The largest absolute Gasteiger partial charge is 0.466 e. The van der Waals surface area contributed by atoms with Gasteiger partial charge in [-0.05, 0) is 45.1 Å². The lowest BCUT2D eigenvalue weighted by molar-refractivity contribution is -0.170. The Balaban J connectivity index is 1.48. The number of thiazole rings is 1. The van der Waals surface area contributed by atoms with E-state index in [4.69, 9.17) is 9.47 Å². The third-order valence-corrected chi connectivity index (χ3v) is 7.41. The van der Waals surface area contributed by atoms with Gasteiger partial charge in [0.2, 0.25) is 0 Å². The minimum atomic E-state index is -0.339. The number of ether oxygens (including phenoxy) is 2. The SMILES string of the molecule is CCOC(=O)[C@@]12CC[C@H](N3CCOCC3)C[C@H]1CCN(Cc1nccs1)C2. The molecule has 3 fully saturated rings. The lowest BCUT2D eigenvalue weighted by atomic mass is 9.61. The Kier molecular flexibility index (Phi) is 6.12. The molecule has 1 aliphatic carbocycles. The van der Waals surface area contributed by atoms with E-state index in [0.29, 0.717) is 18.6 Å². The van der Waals surface area contributed by atoms with E-state index in [0.717, 1.165) is 76.6 Å². The number of hydrogen-bond acceptors (Lipinski definition) is 7. The normalized spacial score (nSPS) is 32.8. The molecule has 0 N–H and O–H groups in total. The second-order valence-electron chi connectivity index (χ2n) is 8.08. The number of nitrogens with zero attached hydrogens (tertiary/aromatic N) is 3. The highest BCUT2D eigenvalue weighted by Crippen LogP contribution is 2.48. The Labute approximate surface area is 165 Å². The van der Waals surface area contributed by atoms with Crippen molar-refractivity contribution in [3.05, 3.63) is 16.6 Å². The molecule has 7 heteroatoms. The van der Waals surface area contributed by atoms with Crippen LogP contribution in [-0.2, 0) is 20.8 Å². The molecule has 0 spiro atoms. The number of likely N-dealkylation sites (tertiary alicyclic amines) is 1. The fourth-order valence-corrected chi connectivity index (χ4v) is 5.92. The maximum Gasteiger partial charge on any atom is 0.313 e. The van der Waals surface area contributed by atoms with E-state index < -0.39 is 0 Å². The number of morpholine rings is 1. The first-order valence-electron chi connectivity index (χ1n) is 10.3. The average molecular weight is 394 g/mol. The molecule has 0 bridgehead atoms. The molecule has 2 aliphatic heterocycles. The third-order valence-electron chi connectivity index (χ3n) is 6.65. The minimum Gasteiger partial charge on any atom is -0.466 e. The highest BCUT2D eigenvalue weighted by Gasteiger charge is 2.53. The molecule has 0 unspecified atom stereocenters. The number of carbonyl (C=O) groups excluding carboxylic acids is 1. The summed E-state index contributed by atoms with van der Waals surface area (Å²) in [6.07, 6.45) is 6.07. The number of carbonyl (C=O) groups is 1. The maximum absolute atomic E-state index is 13.1. The van der Waals surface area contributed by atoms with Crippen molar-refractivity contribution in [2.75, 3.05) is 46.0 Å². The number of rotatable bonds is 5. The van der Waals surface area contributed by atoms with Gasteiger partial charge in [-0.25, -0.2) is 4.98 Å². The molecule has 1 aromatic heterocycles. The van der Waals surface area contributed by atoms with Gasteiger partial charge in [0, 0.05) is 37.3 Å². The molecule has 6 nitrogen and oxygen atoms in total. The van der Waals surface area contributed by atoms with Crippen LogP contribution >= 0.6 is 11.3 Å². The van der Waals surface area contributed by atoms with E-state index in [1.54, 1.807) is 11.3 Å². The van der Waals surface area contributed by atoms with Gasteiger partial charge in [0.1, 0.15) is 5.01 Å². The fraction of sp³-hybridized carbons (Fsp3) is 0.800. The smallest absolute Gasteiger partial charge is 0.313 e. The summed E-state index contributed by atoms with van der Waals surface area (Å²) in [5, 5.41) is 3.16. The molecule has 4 rings (SSSR count). The summed E-state index contributed by atoms with van der Waals surface area (Å²) in [5.74, 6) is 0.449. The van der Waals surface area contributed by atoms with Gasteiger partial charge < -0.3 is 9.47 Å². The second-order valence-corrected chi connectivity index (χ2v) is 9.05. The summed E-state index contributed by atoms with van der Waals surface area (Å²) in [5.41, 5.74) is -0.339. The summed E-state index contributed by atoms with van der Waals surface area (Å²) >= 11 is 1.70. The zero-order valence-electron chi connectivity index (χ0n) is 16.3. The van der Waals surface area contributed by atoms with Crippen LogP contribution in [0.25, 0.3) is 0 Å². The third kappa shape index (κ3) is 4.06. The molecule has 0 amide bonds. The van der Waals surface area contributed by atoms with Crippen LogP contribution < -0.4 is 0 Å². The quantitative estimate of drug-likeness (QED) is 0.716. The van der Waals surface area contributed by atoms with E-state index in [1.165, 1.54) is 0 Å². The van der Waals surface area contributed by atoms with Gasteiger partial charge >= 0.3 is 5.97 Å². The van der Waals surface area contributed by atoms with E-state index in [2.05, 4.69) is 14.8 Å². The van der Waals surface area contributed by atoms with Crippen LogP contribution in [0.1, 0.15) is 37.6 Å². The van der Waals surface area contributed by atoms with E-state index >= 15 is 0 Å². The zero-order valence-corrected chi connectivity index (χ0v) is 17.1. The first-order valence-corrected chi connectivity index (χ1v) is 11.2. The van der Waals surface area contributed by atoms with Crippen molar-refractivity contribution in [3.63, 3.8) is 0 Å². The van der Waals surface area contributed by atoms with Crippen LogP contribution in [0.2, 0.25) is 0 Å². The molecule has 0 radical (unpaired) electrons. The molecule has 3 heterocycles. The number of hydrogen-bond donors (Lipinski definition) is 0. The second kappa shape index (κ2) is 8.55. The molecular weight excluding hydrogens is 362 g/mol. The Morgan fingerprint density at radius 2 is 2.22 bits per heavy atom. The van der Waals surface area contributed by atoms with Crippen molar-refractivity contribution < 1.29 is 14.3 Å². The monoisotopic (exact) mass is 393 g/mol. The first-order chi connectivity index (χ1) is 13.2. The van der Waals surface area contributed by atoms with Gasteiger partial charge in [-0.1, -0.05) is 0 Å². The lowest BCUT2D eigenvalue weighted by Gasteiger charge is -2.52. The van der Waals surface area contributed by atoms with Gasteiger partial charge in [0.05, 0.1) is 31.8 Å². The van der Waals surface area contributed by atoms with Gasteiger partial charge in [0.25, 0.3) is 0 Å². The summed E-state index contributed by atoms with van der Waals surface area (Å²) < 4.78 is 11.1. The molecule has 1 aromatic rings. The molecule has 3 atom stereocenters. The molecule has 150 valence electrons. The van der Waals surface area contributed by atoms with E-state index in [1.807, 2.05) is 18.5 Å². The predicted molar refractivity (Wildman–Crippen MR) is 105 cm³/mol. The van der Waals surface area contributed by atoms with Crippen LogP contribution in [0, 0.1) is 11.3 Å². The number of fused-ring (bicyclic) bond motifs is 1. The predicted octanol–water partition coefficient (Wildman–Crippen LogP) is 2.40. The molecule has 0 aromatic carbocycles. The van der Waals surface area contributed by atoms with Crippen LogP contribution in [0.15, 0.2) is 11.6 Å². The zero-order chi connectivity index (χ0) is 18.7. The van der Waals surface area contributed by atoms with Crippen LogP contribution in [0.4, 0.5) is 0 Å². The summed E-state index contributed by atoms with van der Waals surface area (Å²) in [6, 6.07) is 0.590. The highest BCUT2D eigenvalue weighted by molar-refractivity contribution is 7.09. The Bertz CT molecular complexity index is 620. The molecule has 27 heavy (non-hydrogen) atoms. The molecule has 3 aliphatic rings. The highest BCUT2D eigenvalue weighted by atomic mass is 32.1. The van der Waals surface area contributed by atoms with Crippen molar-refractivity contribution in [3.8, 4) is 0 Å². The van der Waals surface area contributed by atoms with Gasteiger partial charge in [-0.15, -0.1) is 11.3 Å². The van der Waals surface area contributed by atoms with Gasteiger partial charge in [-0.2, -0.15) is 0 Å². The number of piperidine rings is 1. The van der Waals surface area contributed by atoms with Crippen molar-refractivity contribution >= 4 is 17.3 Å². The lowest BCUT2D eigenvalue weighted by Crippen LogP contribution is -2.58. The van der Waals surface area contributed by atoms with Crippen LogP contribution in [0.5, 0.6) is 0 Å². The minimum absolute atomic E-state index is 0.0271. The van der Waals surface area contributed by atoms with Crippen molar-refractivity contribution in [2.45, 2.75) is 45.2 Å². The molecule has 2 saturated heterocycles. The fourth-order valence-electron chi connectivity index (χ4n) is 5.26. The standard InChI is InChI=1S/C20H31N3O3S/c1-2-26-19(24)20-5-3-17(23-8-10-25-11-9-23)13-16(20)4-7-22(15-20)14-18-21-6-12-27-18/h6,12,16-17H,2-5,7-11,13-15H2,1H3/t16-,17+,20-/m1/s1. The Hall–Kier alpha value is -1.02. The first kappa shape index (κ1) is 19.3. The molecular formula is C20H31N3O3S. The van der Waals surface area contributed by atoms with Crippen LogP contribution in [0.3, 0.4) is 0 Å². The van der Waals surface area contributed by atoms with Gasteiger partial charge in [0.15, 0.2) is 0 Å². The number of aromatic nitrogens is 1. The van der Waals surface area contributed by atoms with Crippen molar-refractivity contribution in [1.29, 1.82) is 0 Å². The molecule has 1 saturated carbocycles. The summed E-state index contributed by atoms with van der Waals surface area (Å²) in [6.45, 7) is 8.81. The Morgan fingerprint density at radius 3 is 2.96 bits per heavy atom. The summed E-state index contributed by atoms with van der Waals surface area (Å²) in [4.78, 5) is 22.5. The van der Waals surface area contributed by atoms with Crippen molar-refractivity contribution in [1.82, 2.24) is 14.8 Å². The average Bonchev–Trinajstić information content (AvgIpc) is 3.21.